The number of pyridine rings is 1. The largest absolute Gasteiger partial charge is 0.478 e. The first kappa shape index (κ1) is 13.6. The lowest BCUT2D eigenvalue weighted by Crippen LogP contribution is -2.09. The highest BCUT2D eigenvalue weighted by atomic mass is 35.5. The molecule has 1 N–H and O–H groups in total. The number of hydrogen-bond acceptors (Lipinski definition) is 3. The predicted octanol–water partition coefficient (Wildman–Crippen LogP) is 3.14. The molecule has 0 bridgehead atoms. The second-order valence-corrected chi connectivity index (χ2v) is 5.18. The summed E-state index contributed by atoms with van der Waals surface area (Å²) in [5.41, 5.74) is 2.54. The molecule has 1 aromatic carbocycles. The minimum atomic E-state index is -0.951. The zero-order valence-corrected chi connectivity index (χ0v) is 12.0. The zero-order valence-electron chi connectivity index (χ0n) is 11.2. The van der Waals surface area contributed by atoms with Crippen molar-refractivity contribution in [2.75, 3.05) is 0 Å². The molecule has 0 fully saturated rings. The summed E-state index contributed by atoms with van der Waals surface area (Å²) in [6, 6.07) is 7.04. The Bertz CT molecular complexity index is 842. The van der Waals surface area contributed by atoms with Crippen molar-refractivity contribution in [1.29, 1.82) is 0 Å². The Kier molecular flexibility index (Phi) is 3.35. The number of carboxylic acids is 1. The van der Waals surface area contributed by atoms with Gasteiger partial charge in [-0.3, -0.25) is 9.67 Å². The van der Waals surface area contributed by atoms with Gasteiger partial charge in [-0.15, -0.1) is 0 Å². The second-order valence-electron chi connectivity index (χ2n) is 4.74. The van der Waals surface area contributed by atoms with Crippen LogP contribution in [0.15, 0.2) is 36.7 Å². The number of carboxylic acid groups (broad SMARTS) is 1. The maximum Gasteiger partial charge on any atom is 0.336 e. The number of fused-ring (bicyclic) bond motifs is 1. The monoisotopic (exact) mass is 301 g/mol. The molecule has 0 saturated heterocycles. The molecule has 5 nitrogen and oxygen atoms in total. The van der Waals surface area contributed by atoms with Crippen LogP contribution in [0, 0.1) is 6.92 Å². The number of carbonyl (C=O) groups is 1. The van der Waals surface area contributed by atoms with Crippen LogP contribution < -0.4 is 0 Å². The standard InChI is InChI=1S/C15H12ClN3O2/c1-9-12(15(20)21)4-5-17-13(9)8-19-14-3-2-11(16)6-10(14)7-18-19/h2-7H,8H2,1H3,(H,20,21). The molecule has 106 valence electrons. The van der Waals surface area contributed by atoms with Crippen LogP contribution in [-0.2, 0) is 6.54 Å². The lowest BCUT2D eigenvalue weighted by atomic mass is 10.1. The SMILES string of the molecule is Cc1c(C(=O)O)ccnc1Cn1ncc2cc(Cl)ccc21. The van der Waals surface area contributed by atoms with Crippen molar-refractivity contribution in [3.63, 3.8) is 0 Å². The van der Waals surface area contributed by atoms with Crippen molar-refractivity contribution < 1.29 is 9.90 Å². The zero-order chi connectivity index (χ0) is 15.0. The third-order valence-corrected chi connectivity index (χ3v) is 3.68. The maximum absolute atomic E-state index is 11.2. The van der Waals surface area contributed by atoms with Crippen molar-refractivity contribution >= 4 is 28.5 Å². The number of aromatic nitrogens is 3. The van der Waals surface area contributed by atoms with Crippen LogP contribution in [0.3, 0.4) is 0 Å². The minimum Gasteiger partial charge on any atom is -0.478 e. The second kappa shape index (κ2) is 5.18. The van der Waals surface area contributed by atoms with Crippen LogP contribution in [0.4, 0.5) is 0 Å². The van der Waals surface area contributed by atoms with E-state index in [1.165, 1.54) is 12.3 Å². The van der Waals surface area contributed by atoms with E-state index in [9.17, 15) is 4.79 Å². The average molecular weight is 302 g/mol. The molecule has 0 atom stereocenters. The fraction of sp³-hybridized carbons (Fsp3) is 0.133. The highest BCUT2D eigenvalue weighted by Gasteiger charge is 2.13. The van der Waals surface area contributed by atoms with Crippen LogP contribution in [0.25, 0.3) is 10.9 Å². The molecule has 0 radical (unpaired) electrons. The van der Waals surface area contributed by atoms with Gasteiger partial charge in [0.2, 0.25) is 0 Å². The molecule has 0 aliphatic heterocycles. The molecule has 0 saturated carbocycles. The van der Waals surface area contributed by atoms with Gasteiger partial charge in [-0.2, -0.15) is 5.10 Å². The van der Waals surface area contributed by atoms with Crippen molar-refractivity contribution in [2.24, 2.45) is 0 Å². The van der Waals surface area contributed by atoms with E-state index in [0.717, 1.165) is 10.9 Å². The fourth-order valence-corrected chi connectivity index (χ4v) is 2.48. The van der Waals surface area contributed by atoms with Crippen LogP contribution >= 0.6 is 11.6 Å². The number of halogens is 1. The molecule has 3 rings (SSSR count). The molecule has 3 aromatic rings. The smallest absolute Gasteiger partial charge is 0.336 e. The van der Waals surface area contributed by atoms with Gasteiger partial charge >= 0.3 is 5.97 Å². The van der Waals surface area contributed by atoms with Crippen LogP contribution in [-0.4, -0.2) is 25.8 Å². The maximum atomic E-state index is 11.2. The quantitative estimate of drug-likeness (QED) is 0.807. The number of aromatic carboxylic acids is 1. The van der Waals surface area contributed by atoms with Crippen LogP contribution in [0.1, 0.15) is 21.6 Å². The Hall–Kier alpha value is -2.40. The highest BCUT2D eigenvalue weighted by Crippen LogP contribution is 2.20. The molecular weight excluding hydrogens is 290 g/mol. The first-order chi connectivity index (χ1) is 10.1. The topological polar surface area (TPSA) is 68.0 Å². The number of rotatable bonds is 3. The van der Waals surface area contributed by atoms with Crippen molar-refractivity contribution in [3.8, 4) is 0 Å². The first-order valence-electron chi connectivity index (χ1n) is 6.35. The van der Waals surface area contributed by atoms with Gasteiger partial charge in [0.25, 0.3) is 0 Å². The summed E-state index contributed by atoms with van der Waals surface area (Å²) in [6.45, 7) is 2.17. The lowest BCUT2D eigenvalue weighted by molar-refractivity contribution is 0.0695. The van der Waals surface area contributed by atoms with Crippen molar-refractivity contribution in [1.82, 2.24) is 14.8 Å². The van der Waals surface area contributed by atoms with Gasteiger partial charge in [0.05, 0.1) is 29.5 Å². The van der Waals surface area contributed by atoms with Gasteiger partial charge in [0, 0.05) is 16.6 Å². The molecule has 0 aliphatic rings. The van der Waals surface area contributed by atoms with Gasteiger partial charge in [0.1, 0.15) is 0 Å². The molecular formula is C15H12ClN3O2. The molecule has 6 heteroatoms. The Balaban J connectivity index is 2.03. The van der Waals surface area contributed by atoms with Crippen molar-refractivity contribution in [2.45, 2.75) is 13.5 Å². The summed E-state index contributed by atoms with van der Waals surface area (Å²) in [5.74, 6) is -0.951. The lowest BCUT2D eigenvalue weighted by Gasteiger charge is -2.08. The van der Waals surface area contributed by atoms with Crippen LogP contribution in [0.2, 0.25) is 5.02 Å². The molecule has 0 spiro atoms. The van der Waals surface area contributed by atoms with E-state index in [1.54, 1.807) is 23.9 Å². The Morgan fingerprint density at radius 2 is 2.19 bits per heavy atom. The number of hydrogen-bond donors (Lipinski definition) is 1. The highest BCUT2D eigenvalue weighted by molar-refractivity contribution is 6.31. The third-order valence-electron chi connectivity index (χ3n) is 3.44. The summed E-state index contributed by atoms with van der Waals surface area (Å²) < 4.78 is 1.78. The Labute approximate surface area is 125 Å². The first-order valence-corrected chi connectivity index (χ1v) is 6.73. The third kappa shape index (κ3) is 2.48. The van der Waals surface area contributed by atoms with E-state index in [2.05, 4.69) is 10.1 Å². The summed E-state index contributed by atoms with van der Waals surface area (Å²) in [4.78, 5) is 15.4. The van der Waals surface area contributed by atoms with Gasteiger partial charge in [-0.25, -0.2) is 4.79 Å². The Morgan fingerprint density at radius 1 is 1.38 bits per heavy atom. The predicted molar refractivity (Wildman–Crippen MR) is 79.8 cm³/mol. The van der Waals surface area contributed by atoms with E-state index in [-0.39, 0.29) is 5.56 Å². The van der Waals surface area contributed by atoms with E-state index in [4.69, 9.17) is 16.7 Å². The van der Waals surface area contributed by atoms with Crippen LogP contribution in [0.5, 0.6) is 0 Å². The van der Waals surface area contributed by atoms with Gasteiger partial charge in [-0.05, 0) is 36.8 Å². The van der Waals surface area contributed by atoms with E-state index in [1.807, 2.05) is 12.1 Å². The summed E-state index contributed by atoms with van der Waals surface area (Å²) >= 11 is 5.95. The molecule has 0 unspecified atom stereocenters. The molecule has 0 amide bonds. The van der Waals surface area contributed by atoms with Gasteiger partial charge < -0.3 is 5.11 Å². The molecule has 21 heavy (non-hydrogen) atoms. The normalized spacial score (nSPS) is 11.0. The molecule has 2 aromatic heterocycles. The number of benzene rings is 1. The van der Waals surface area contributed by atoms with E-state index < -0.39 is 5.97 Å². The summed E-state index contributed by atoms with van der Waals surface area (Å²) in [5, 5.41) is 15.1. The summed E-state index contributed by atoms with van der Waals surface area (Å²) in [7, 11) is 0. The molecule has 0 aliphatic carbocycles. The molecule has 2 heterocycles. The Morgan fingerprint density at radius 3 is 2.95 bits per heavy atom. The minimum absolute atomic E-state index is 0.263. The fourth-order valence-electron chi connectivity index (χ4n) is 2.30. The number of nitrogens with zero attached hydrogens (tertiary/aromatic N) is 3. The average Bonchev–Trinajstić information content (AvgIpc) is 2.83. The van der Waals surface area contributed by atoms with E-state index in [0.29, 0.717) is 22.8 Å². The summed E-state index contributed by atoms with van der Waals surface area (Å²) in [6.07, 6.45) is 3.24. The van der Waals surface area contributed by atoms with Gasteiger partial charge in [0.15, 0.2) is 0 Å². The van der Waals surface area contributed by atoms with Crippen molar-refractivity contribution in [3.05, 3.63) is 58.5 Å². The van der Waals surface area contributed by atoms with Gasteiger partial charge in [-0.1, -0.05) is 11.6 Å². The van der Waals surface area contributed by atoms with E-state index >= 15 is 0 Å².